The highest BCUT2D eigenvalue weighted by molar-refractivity contribution is 5.15. The van der Waals surface area contributed by atoms with E-state index in [4.69, 9.17) is 0 Å². The van der Waals surface area contributed by atoms with Crippen molar-refractivity contribution in [1.82, 2.24) is 20.3 Å². The third-order valence-electron chi connectivity index (χ3n) is 2.49. The van der Waals surface area contributed by atoms with Crippen LogP contribution in [0.3, 0.4) is 0 Å². The maximum Gasteiger partial charge on any atom is 0.251 e. The van der Waals surface area contributed by atoms with Crippen LogP contribution in [0.25, 0.3) is 0 Å². The van der Waals surface area contributed by atoms with Crippen LogP contribution in [0.15, 0.2) is 35.4 Å². The molecule has 0 aliphatic rings. The number of hydrogen-bond acceptors (Lipinski definition) is 4. The number of nitrogens with one attached hydrogen (secondary N) is 2. The molecule has 0 spiro atoms. The summed E-state index contributed by atoms with van der Waals surface area (Å²) < 4.78 is 0. The Balaban J connectivity index is 2.18. The molecule has 0 unspecified atom stereocenters. The molecule has 2 rings (SSSR count). The Bertz CT molecular complexity index is 550. The van der Waals surface area contributed by atoms with E-state index < -0.39 is 0 Å². The van der Waals surface area contributed by atoms with Crippen molar-refractivity contribution in [3.63, 3.8) is 0 Å². The van der Waals surface area contributed by atoms with Crippen LogP contribution < -0.4 is 10.9 Å². The molecule has 5 heteroatoms. The summed E-state index contributed by atoms with van der Waals surface area (Å²) in [6.45, 7) is 3.48. The second kappa shape index (κ2) is 6.07. The van der Waals surface area contributed by atoms with Gasteiger partial charge in [-0.05, 0) is 18.2 Å². The third-order valence-corrected chi connectivity index (χ3v) is 2.49. The third kappa shape index (κ3) is 3.49. The smallest absolute Gasteiger partial charge is 0.251 e. The van der Waals surface area contributed by atoms with E-state index in [1.807, 2.05) is 19.1 Å². The first-order valence-corrected chi connectivity index (χ1v) is 5.96. The van der Waals surface area contributed by atoms with Crippen LogP contribution in [0.4, 0.5) is 0 Å². The van der Waals surface area contributed by atoms with E-state index >= 15 is 0 Å². The van der Waals surface area contributed by atoms with Gasteiger partial charge in [0.1, 0.15) is 5.82 Å². The molecule has 0 amide bonds. The van der Waals surface area contributed by atoms with Crippen LogP contribution in [0.5, 0.6) is 0 Å². The first kappa shape index (κ1) is 12.4. The predicted molar refractivity (Wildman–Crippen MR) is 69.3 cm³/mol. The summed E-state index contributed by atoms with van der Waals surface area (Å²) in [5, 5.41) is 3.16. The molecule has 5 nitrogen and oxygen atoms in total. The molecular weight excluding hydrogens is 228 g/mol. The lowest BCUT2D eigenvalue weighted by atomic mass is 10.2. The van der Waals surface area contributed by atoms with Crippen LogP contribution in [-0.2, 0) is 13.0 Å². The fourth-order valence-corrected chi connectivity index (χ4v) is 1.69. The van der Waals surface area contributed by atoms with Crippen molar-refractivity contribution in [2.24, 2.45) is 0 Å². The minimum absolute atomic E-state index is 0.114. The van der Waals surface area contributed by atoms with Gasteiger partial charge in [-0.2, -0.15) is 0 Å². The number of hydrogen-bond donors (Lipinski definition) is 2. The molecule has 0 aliphatic carbocycles. The fraction of sp³-hybridized carbons (Fsp3) is 0.308. The fourth-order valence-electron chi connectivity index (χ4n) is 1.69. The Morgan fingerprint density at radius 3 is 3.06 bits per heavy atom. The topological polar surface area (TPSA) is 70.7 Å². The van der Waals surface area contributed by atoms with E-state index in [9.17, 15) is 4.79 Å². The summed E-state index contributed by atoms with van der Waals surface area (Å²) in [6.07, 6.45) is 4.08. The van der Waals surface area contributed by atoms with Gasteiger partial charge in [-0.15, -0.1) is 0 Å². The molecule has 0 radical (unpaired) electrons. The van der Waals surface area contributed by atoms with Crippen molar-refractivity contribution in [2.45, 2.75) is 19.9 Å². The summed E-state index contributed by atoms with van der Waals surface area (Å²) in [6, 6.07) is 5.36. The lowest BCUT2D eigenvalue weighted by Crippen LogP contribution is -2.18. The molecule has 18 heavy (non-hydrogen) atoms. The SMILES string of the molecule is CCNCc1cc(=O)[nH]c(Cc2cccnc2)n1. The summed E-state index contributed by atoms with van der Waals surface area (Å²) >= 11 is 0. The number of pyridine rings is 1. The Morgan fingerprint density at radius 1 is 1.44 bits per heavy atom. The number of rotatable bonds is 5. The minimum atomic E-state index is -0.114. The molecule has 0 bridgehead atoms. The van der Waals surface area contributed by atoms with Crippen LogP contribution >= 0.6 is 0 Å². The summed E-state index contributed by atoms with van der Waals surface area (Å²) in [5.41, 5.74) is 1.68. The van der Waals surface area contributed by atoms with Gasteiger partial charge in [0.05, 0.1) is 5.69 Å². The summed E-state index contributed by atoms with van der Waals surface area (Å²) in [7, 11) is 0. The Kier molecular flexibility index (Phi) is 4.20. The molecule has 0 aromatic carbocycles. The van der Waals surface area contributed by atoms with Crippen molar-refractivity contribution in [3.05, 3.63) is 58.0 Å². The molecule has 0 saturated heterocycles. The van der Waals surface area contributed by atoms with Crippen molar-refractivity contribution < 1.29 is 0 Å². The maximum absolute atomic E-state index is 11.5. The van der Waals surface area contributed by atoms with Gasteiger partial charge in [0.15, 0.2) is 0 Å². The van der Waals surface area contributed by atoms with Gasteiger partial charge < -0.3 is 10.3 Å². The molecule has 0 fully saturated rings. The second-order valence-electron chi connectivity index (χ2n) is 4.00. The number of aromatic amines is 1. The minimum Gasteiger partial charge on any atom is -0.311 e. The lowest BCUT2D eigenvalue weighted by Gasteiger charge is -2.04. The normalized spacial score (nSPS) is 10.5. The van der Waals surface area contributed by atoms with Crippen molar-refractivity contribution >= 4 is 0 Å². The lowest BCUT2D eigenvalue weighted by molar-refractivity contribution is 0.700. The van der Waals surface area contributed by atoms with E-state index in [2.05, 4.69) is 20.3 Å². The van der Waals surface area contributed by atoms with Crippen LogP contribution in [-0.4, -0.2) is 21.5 Å². The Labute approximate surface area is 105 Å². The average molecular weight is 244 g/mol. The first-order valence-electron chi connectivity index (χ1n) is 5.96. The van der Waals surface area contributed by atoms with Gasteiger partial charge in [-0.25, -0.2) is 4.98 Å². The van der Waals surface area contributed by atoms with E-state index in [0.29, 0.717) is 18.8 Å². The van der Waals surface area contributed by atoms with Gasteiger partial charge in [-0.3, -0.25) is 9.78 Å². The largest absolute Gasteiger partial charge is 0.311 e. The number of aromatic nitrogens is 3. The molecule has 0 saturated carbocycles. The zero-order chi connectivity index (χ0) is 12.8. The maximum atomic E-state index is 11.5. The van der Waals surface area contributed by atoms with Gasteiger partial charge >= 0.3 is 0 Å². The van der Waals surface area contributed by atoms with Crippen LogP contribution in [0.1, 0.15) is 24.0 Å². The van der Waals surface area contributed by atoms with E-state index in [1.54, 1.807) is 12.4 Å². The zero-order valence-electron chi connectivity index (χ0n) is 10.3. The summed E-state index contributed by atoms with van der Waals surface area (Å²) in [4.78, 5) is 22.7. The summed E-state index contributed by atoms with van der Waals surface area (Å²) in [5.74, 6) is 0.670. The molecule has 94 valence electrons. The zero-order valence-corrected chi connectivity index (χ0v) is 10.3. The van der Waals surface area contributed by atoms with Gasteiger partial charge in [0.2, 0.25) is 0 Å². The van der Waals surface area contributed by atoms with Crippen molar-refractivity contribution in [2.75, 3.05) is 6.54 Å². The predicted octanol–water partition coefficient (Wildman–Crippen LogP) is 0.865. The molecule has 2 aromatic rings. The van der Waals surface area contributed by atoms with E-state index in [-0.39, 0.29) is 5.56 Å². The van der Waals surface area contributed by atoms with E-state index in [0.717, 1.165) is 17.8 Å². The van der Waals surface area contributed by atoms with Crippen LogP contribution in [0.2, 0.25) is 0 Å². The molecule has 2 N–H and O–H groups in total. The number of H-pyrrole nitrogens is 1. The molecule has 2 heterocycles. The Hall–Kier alpha value is -2.01. The highest BCUT2D eigenvalue weighted by atomic mass is 16.1. The highest BCUT2D eigenvalue weighted by Crippen LogP contribution is 2.02. The van der Waals surface area contributed by atoms with Crippen LogP contribution in [0, 0.1) is 0 Å². The molecule has 0 aliphatic heterocycles. The van der Waals surface area contributed by atoms with Gasteiger partial charge in [0, 0.05) is 31.4 Å². The standard InChI is InChI=1S/C13H16N4O/c1-2-14-9-11-7-13(18)17-12(16-11)6-10-4-3-5-15-8-10/h3-5,7-8,14H,2,6,9H2,1H3,(H,16,17,18). The molecule has 0 atom stereocenters. The Morgan fingerprint density at radius 2 is 2.33 bits per heavy atom. The quantitative estimate of drug-likeness (QED) is 0.818. The molecular formula is C13H16N4O. The van der Waals surface area contributed by atoms with Gasteiger partial charge in [-0.1, -0.05) is 13.0 Å². The first-order chi connectivity index (χ1) is 8.78. The second-order valence-corrected chi connectivity index (χ2v) is 4.00. The molecule has 2 aromatic heterocycles. The van der Waals surface area contributed by atoms with Gasteiger partial charge in [0.25, 0.3) is 5.56 Å². The highest BCUT2D eigenvalue weighted by Gasteiger charge is 2.02. The average Bonchev–Trinajstić information content (AvgIpc) is 2.37. The number of nitrogens with zero attached hydrogens (tertiary/aromatic N) is 2. The van der Waals surface area contributed by atoms with Crippen molar-refractivity contribution in [1.29, 1.82) is 0 Å². The van der Waals surface area contributed by atoms with Crippen molar-refractivity contribution in [3.8, 4) is 0 Å². The van der Waals surface area contributed by atoms with E-state index in [1.165, 1.54) is 6.07 Å². The monoisotopic (exact) mass is 244 g/mol.